The summed E-state index contributed by atoms with van der Waals surface area (Å²) in [5, 5.41) is 8.20. The van der Waals surface area contributed by atoms with Gasteiger partial charge in [-0.3, -0.25) is 5.10 Å². The Morgan fingerprint density at radius 3 is 3.05 bits per heavy atom. The predicted octanol–water partition coefficient (Wildman–Crippen LogP) is 2.77. The first-order valence-electron chi connectivity index (χ1n) is 7.09. The predicted molar refractivity (Wildman–Crippen MR) is 76.3 cm³/mol. The number of aryl methyl sites for hydroxylation is 1. The van der Waals surface area contributed by atoms with Gasteiger partial charge in [0.2, 0.25) is 0 Å². The van der Waals surface area contributed by atoms with Gasteiger partial charge in [0.25, 0.3) is 0 Å². The van der Waals surface area contributed by atoms with E-state index in [0.29, 0.717) is 5.92 Å². The molecule has 0 radical (unpaired) electrons. The van der Waals surface area contributed by atoms with E-state index >= 15 is 0 Å². The minimum absolute atomic E-state index is 0.266. The topological polar surface area (TPSA) is 63.9 Å². The van der Waals surface area contributed by atoms with Gasteiger partial charge >= 0.3 is 0 Å². The third-order valence-corrected chi connectivity index (χ3v) is 4.26. The van der Waals surface area contributed by atoms with Crippen LogP contribution in [0.4, 0.5) is 0 Å². The molecule has 1 heterocycles. The van der Waals surface area contributed by atoms with Crippen LogP contribution in [0.3, 0.4) is 0 Å². The summed E-state index contributed by atoms with van der Waals surface area (Å²) in [7, 11) is 0. The molecule has 3 N–H and O–H groups in total. The Balaban J connectivity index is 1.85. The number of hydrogen-bond donors (Lipinski definition) is 2. The normalized spacial score (nSPS) is 23.7. The van der Waals surface area contributed by atoms with E-state index in [1.54, 1.807) is 0 Å². The zero-order valence-corrected chi connectivity index (χ0v) is 11.4. The summed E-state index contributed by atoms with van der Waals surface area (Å²) in [4.78, 5) is 0. The van der Waals surface area contributed by atoms with Crippen LogP contribution in [0.15, 0.2) is 18.3 Å². The van der Waals surface area contributed by atoms with Gasteiger partial charge in [-0.2, -0.15) is 5.10 Å². The number of ether oxygens (including phenoxy) is 1. The summed E-state index contributed by atoms with van der Waals surface area (Å²) in [5.74, 6) is 1.47. The van der Waals surface area contributed by atoms with Crippen LogP contribution in [-0.2, 0) is 0 Å². The zero-order chi connectivity index (χ0) is 13.2. The molecular formula is C15H21N3O. The molecule has 2 aromatic rings. The van der Waals surface area contributed by atoms with Gasteiger partial charge in [0, 0.05) is 16.9 Å². The number of H-pyrrole nitrogens is 1. The van der Waals surface area contributed by atoms with Crippen molar-refractivity contribution in [2.75, 3.05) is 6.54 Å². The second kappa shape index (κ2) is 5.21. The van der Waals surface area contributed by atoms with Gasteiger partial charge < -0.3 is 10.5 Å². The first-order chi connectivity index (χ1) is 9.29. The highest BCUT2D eigenvalue weighted by molar-refractivity contribution is 5.83. The van der Waals surface area contributed by atoms with E-state index in [0.717, 1.165) is 35.2 Å². The Hall–Kier alpha value is -1.55. The molecule has 1 aliphatic rings. The number of hydrogen-bond acceptors (Lipinski definition) is 3. The average molecular weight is 259 g/mol. The minimum atomic E-state index is 0.266. The van der Waals surface area contributed by atoms with E-state index in [4.69, 9.17) is 10.5 Å². The fourth-order valence-electron chi connectivity index (χ4n) is 3.03. The van der Waals surface area contributed by atoms with E-state index < -0.39 is 0 Å². The van der Waals surface area contributed by atoms with E-state index in [-0.39, 0.29) is 6.10 Å². The molecule has 0 amide bonds. The lowest BCUT2D eigenvalue weighted by molar-refractivity contribution is 0.0965. The molecule has 2 unspecified atom stereocenters. The number of nitrogens with one attached hydrogen (secondary N) is 1. The highest BCUT2D eigenvalue weighted by Crippen LogP contribution is 2.31. The molecule has 1 aromatic carbocycles. The highest BCUT2D eigenvalue weighted by atomic mass is 16.5. The lowest BCUT2D eigenvalue weighted by Gasteiger charge is -2.31. The number of aromatic amines is 1. The molecule has 1 aromatic heterocycles. The van der Waals surface area contributed by atoms with Crippen molar-refractivity contribution in [3.63, 3.8) is 0 Å². The van der Waals surface area contributed by atoms with Crippen LogP contribution in [0.2, 0.25) is 0 Å². The zero-order valence-electron chi connectivity index (χ0n) is 11.4. The van der Waals surface area contributed by atoms with Crippen molar-refractivity contribution in [3.05, 3.63) is 23.9 Å². The van der Waals surface area contributed by atoms with Crippen molar-refractivity contribution >= 4 is 10.9 Å². The number of benzene rings is 1. The molecule has 102 valence electrons. The third kappa shape index (κ3) is 2.32. The maximum absolute atomic E-state index is 6.25. The summed E-state index contributed by atoms with van der Waals surface area (Å²) in [6.45, 7) is 2.81. The molecule has 1 aliphatic carbocycles. The van der Waals surface area contributed by atoms with E-state index in [1.165, 1.54) is 19.3 Å². The summed E-state index contributed by atoms with van der Waals surface area (Å²) in [6, 6.07) is 4.07. The fourth-order valence-corrected chi connectivity index (χ4v) is 3.03. The molecule has 0 aliphatic heterocycles. The second-order valence-corrected chi connectivity index (χ2v) is 5.46. The summed E-state index contributed by atoms with van der Waals surface area (Å²) < 4.78 is 6.25. The lowest BCUT2D eigenvalue weighted by Crippen LogP contribution is -2.35. The van der Waals surface area contributed by atoms with Crippen molar-refractivity contribution in [2.24, 2.45) is 11.7 Å². The monoisotopic (exact) mass is 259 g/mol. The summed E-state index contributed by atoms with van der Waals surface area (Å²) in [5.41, 5.74) is 8.08. The molecule has 1 fully saturated rings. The first kappa shape index (κ1) is 12.5. The molecule has 0 spiro atoms. The molecule has 0 saturated heterocycles. The Bertz CT molecular complexity index is 564. The lowest BCUT2D eigenvalue weighted by atomic mass is 9.86. The van der Waals surface area contributed by atoms with Gasteiger partial charge in [0.1, 0.15) is 11.9 Å². The van der Waals surface area contributed by atoms with Gasteiger partial charge in [-0.05, 0) is 44.9 Å². The van der Waals surface area contributed by atoms with Gasteiger partial charge in [0.15, 0.2) is 0 Å². The smallest absolute Gasteiger partial charge is 0.123 e. The van der Waals surface area contributed by atoms with E-state index in [2.05, 4.69) is 17.1 Å². The van der Waals surface area contributed by atoms with Crippen LogP contribution in [-0.4, -0.2) is 22.8 Å². The second-order valence-electron chi connectivity index (χ2n) is 5.46. The SMILES string of the molecule is Cc1c(OC2CCCCC2CN)ccc2[nH]ncc12. The molecule has 1 saturated carbocycles. The largest absolute Gasteiger partial charge is 0.490 e. The molecule has 4 nitrogen and oxygen atoms in total. The maximum atomic E-state index is 6.25. The van der Waals surface area contributed by atoms with Crippen LogP contribution in [0.1, 0.15) is 31.2 Å². The highest BCUT2D eigenvalue weighted by Gasteiger charge is 2.26. The van der Waals surface area contributed by atoms with Crippen LogP contribution in [0, 0.1) is 12.8 Å². The number of nitrogens with zero attached hydrogens (tertiary/aromatic N) is 1. The van der Waals surface area contributed by atoms with Crippen LogP contribution < -0.4 is 10.5 Å². The van der Waals surface area contributed by atoms with Crippen LogP contribution in [0.5, 0.6) is 5.75 Å². The Kier molecular flexibility index (Phi) is 3.42. The van der Waals surface area contributed by atoms with Gasteiger partial charge in [-0.25, -0.2) is 0 Å². The molecule has 2 atom stereocenters. The standard InChI is InChI=1S/C15H21N3O/c1-10-12-9-17-18-13(12)6-7-14(10)19-15-5-3-2-4-11(15)8-16/h6-7,9,11,15H,2-5,8,16H2,1H3,(H,17,18). The molecule has 4 heteroatoms. The summed E-state index contributed by atoms with van der Waals surface area (Å²) >= 11 is 0. The molecule has 19 heavy (non-hydrogen) atoms. The Labute approximate surface area is 113 Å². The molecular weight excluding hydrogens is 238 g/mol. The minimum Gasteiger partial charge on any atom is -0.490 e. The third-order valence-electron chi connectivity index (χ3n) is 4.26. The van der Waals surface area contributed by atoms with E-state index in [1.807, 2.05) is 18.3 Å². The Morgan fingerprint density at radius 1 is 1.37 bits per heavy atom. The molecule has 3 rings (SSSR count). The van der Waals surface area contributed by atoms with Crippen LogP contribution >= 0.6 is 0 Å². The van der Waals surface area contributed by atoms with Gasteiger partial charge in [0.05, 0.1) is 11.7 Å². The Morgan fingerprint density at radius 2 is 2.21 bits per heavy atom. The van der Waals surface area contributed by atoms with E-state index in [9.17, 15) is 0 Å². The number of nitrogens with two attached hydrogens (primary N) is 1. The van der Waals surface area contributed by atoms with Gasteiger partial charge in [-0.15, -0.1) is 0 Å². The average Bonchev–Trinajstić information content (AvgIpc) is 2.92. The summed E-state index contributed by atoms with van der Waals surface area (Å²) in [6.07, 6.45) is 6.95. The first-order valence-corrected chi connectivity index (χ1v) is 7.09. The number of aromatic nitrogens is 2. The van der Waals surface area contributed by atoms with Crippen molar-refractivity contribution in [2.45, 2.75) is 38.7 Å². The van der Waals surface area contributed by atoms with Gasteiger partial charge in [-0.1, -0.05) is 6.42 Å². The van der Waals surface area contributed by atoms with Crippen LogP contribution in [0.25, 0.3) is 10.9 Å². The van der Waals surface area contributed by atoms with Crippen molar-refractivity contribution in [1.29, 1.82) is 0 Å². The van der Waals surface area contributed by atoms with Crippen molar-refractivity contribution in [3.8, 4) is 5.75 Å². The quantitative estimate of drug-likeness (QED) is 0.890. The number of rotatable bonds is 3. The fraction of sp³-hybridized carbons (Fsp3) is 0.533. The van der Waals surface area contributed by atoms with Crippen molar-refractivity contribution < 1.29 is 4.74 Å². The number of fused-ring (bicyclic) bond motifs is 1. The van der Waals surface area contributed by atoms with Crippen molar-refractivity contribution in [1.82, 2.24) is 10.2 Å². The molecule has 0 bridgehead atoms. The maximum Gasteiger partial charge on any atom is 0.123 e.